The molecule has 0 aliphatic heterocycles. The maximum Gasteiger partial charge on any atom is 0.141 e. The van der Waals surface area contributed by atoms with E-state index in [-0.39, 0.29) is 5.82 Å². The Morgan fingerprint density at radius 3 is 2.77 bits per heavy atom. The van der Waals surface area contributed by atoms with Crippen LogP contribution in [0.2, 0.25) is 0 Å². The maximum atomic E-state index is 13.2. The summed E-state index contributed by atoms with van der Waals surface area (Å²) in [6.45, 7) is 4.26. The summed E-state index contributed by atoms with van der Waals surface area (Å²) in [5.74, 6) is 0.365. The van der Waals surface area contributed by atoms with Gasteiger partial charge in [0.1, 0.15) is 5.82 Å². The molecular weight excluding hydrogens is 183 g/mol. The number of rotatable bonds is 1. The van der Waals surface area contributed by atoms with Crippen molar-refractivity contribution in [2.24, 2.45) is 0 Å². The van der Waals surface area contributed by atoms with Crippen molar-refractivity contribution in [1.82, 2.24) is 0 Å². The van der Waals surface area contributed by atoms with Crippen LogP contribution in [-0.2, 0) is 0 Å². The fraction of sp³-hybridized carbons (Fsp3) is 0.273. The molecule has 0 nitrogen and oxygen atoms in total. The zero-order valence-electron chi connectivity index (χ0n) is 7.67. The molecule has 2 rings (SSSR count). The minimum Gasteiger partial charge on any atom is -0.205 e. The second kappa shape index (κ2) is 3.11. The van der Waals surface area contributed by atoms with Gasteiger partial charge in [-0.1, -0.05) is 32.0 Å². The Labute approximate surface area is 81.0 Å². The molecule has 2 aromatic rings. The van der Waals surface area contributed by atoms with E-state index in [0.29, 0.717) is 5.92 Å². The number of hydrogen-bond acceptors (Lipinski definition) is 1. The molecule has 13 heavy (non-hydrogen) atoms. The third kappa shape index (κ3) is 1.35. The van der Waals surface area contributed by atoms with Crippen LogP contribution in [0, 0.1) is 5.82 Å². The van der Waals surface area contributed by atoms with E-state index < -0.39 is 0 Å². The van der Waals surface area contributed by atoms with Crippen LogP contribution in [0.15, 0.2) is 23.6 Å². The van der Waals surface area contributed by atoms with Gasteiger partial charge in [0.15, 0.2) is 0 Å². The van der Waals surface area contributed by atoms with Crippen LogP contribution in [0.4, 0.5) is 4.39 Å². The van der Waals surface area contributed by atoms with E-state index in [1.807, 2.05) is 12.1 Å². The van der Waals surface area contributed by atoms with Gasteiger partial charge in [0, 0.05) is 15.5 Å². The van der Waals surface area contributed by atoms with E-state index in [0.717, 1.165) is 10.1 Å². The predicted molar refractivity (Wildman–Crippen MR) is 55.9 cm³/mol. The van der Waals surface area contributed by atoms with Crippen molar-refractivity contribution in [1.29, 1.82) is 0 Å². The molecule has 1 heterocycles. The quantitative estimate of drug-likeness (QED) is 0.639. The van der Waals surface area contributed by atoms with Gasteiger partial charge in [-0.05, 0) is 11.5 Å². The predicted octanol–water partition coefficient (Wildman–Crippen LogP) is 4.16. The van der Waals surface area contributed by atoms with E-state index in [2.05, 4.69) is 19.9 Å². The molecule has 1 aromatic heterocycles. The van der Waals surface area contributed by atoms with Gasteiger partial charge in [-0.25, -0.2) is 4.39 Å². The van der Waals surface area contributed by atoms with Crippen molar-refractivity contribution < 1.29 is 4.39 Å². The topological polar surface area (TPSA) is 0 Å². The Hall–Kier alpha value is -0.890. The molecule has 0 radical (unpaired) electrons. The first-order valence-corrected chi connectivity index (χ1v) is 5.23. The molecule has 0 saturated carbocycles. The fourth-order valence-electron chi connectivity index (χ4n) is 1.50. The highest BCUT2D eigenvalue weighted by molar-refractivity contribution is 7.17. The highest BCUT2D eigenvalue weighted by Gasteiger charge is 2.09. The Balaban J connectivity index is 2.77. The lowest BCUT2D eigenvalue weighted by Crippen LogP contribution is -1.86. The highest BCUT2D eigenvalue weighted by atomic mass is 32.1. The summed E-state index contributed by atoms with van der Waals surface area (Å²) < 4.78 is 14.3. The van der Waals surface area contributed by atoms with Gasteiger partial charge in [-0.15, -0.1) is 11.3 Å². The first-order valence-electron chi connectivity index (χ1n) is 4.35. The second-order valence-corrected chi connectivity index (χ2v) is 4.34. The number of thiophene rings is 1. The van der Waals surface area contributed by atoms with E-state index in [1.54, 1.807) is 5.38 Å². The Kier molecular flexibility index (Phi) is 2.08. The van der Waals surface area contributed by atoms with Crippen LogP contribution >= 0.6 is 11.3 Å². The largest absolute Gasteiger partial charge is 0.205 e. The summed E-state index contributed by atoms with van der Waals surface area (Å²) >= 11 is 1.49. The number of halogens is 1. The fourth-order valence-corrected chi connectivity index (χ4v) is 2.58. The molecule has 0 unspecified atom stereocenters. The first kappa shape index (κ1) is 8.70. The minimum atomic E-state index is -0.0949. The highest BCUT2D eigenvalue weighted by Crippen LogP contribution is 2.31. The lowest BCUT2D eigenvalue weighted by Gasteiger charge is -2.05. The molecule has 2 heteroatoms. The van der Waals surface area contributed by atoms with Gasteiger partial charge in [0.2, 0.25) is 0 Å². The Morgan fingerprint density at radius 1 is 1.31 bits per heavy atom. The third-order valence-corrected chi connectivity index (χ3v) is 3.22. The molecule has 0 amide bonds. The first-order chi connectivity index (χ1) is 6.20. The molecule has 0 saturated heterocycles. The standard InChI is InChI=1S/C11H11FS/c1-7(2)8-4-3-5-9-10(12)6-13-11(8)9/h3-7H,1-2H3. The van der Waals surface area contributed by atoms with Crippen molar-refractivity contribution in [3.05, 3.63) is 35.0 Å². The molecule has 0 aliphatic rings. The van der Waals surface area contributed by atoms with Gasteiger partial charge in [0.05, 0.1) is 0 Å². The summed E-state index contributed by atoms with van der Waals surface area (Å²) in [4.78, 5) is 0. The van der Waals surface area contributed by atoms with Crippen molar-refractivity contribution >= 4 is 21.4 Å². The molecule has 68 valence electrons. The van der Waals surface area contributed by atoms with E-state index >= 15 is 0 Å². The zero-order valence-corrected chi connectivity index (χ0v) is 8.49. The zero-order chi connectivity index (χ0) is 9.42. The van der Waals surface area contributed by atoms with E-state index in [9.17, 15) is 4.39 Å². The molecule has 0 aliphatic carbocycles. The Bertz CT molecular complexity index is 429. The van der Waals surface area contributed by atoms with Crippen molar-refractivity contribution in [2.75, 3.05) is 0 Å². The SMILES string of the molecule is CC(C)c1cccc2c(F)csc12. The lowest BCUT2D eigenvalue weighted by molar-refractivity contribution is 0.644. The van der Waals surface area contributed by atoms with Crippen LogP contribution in [0.3, 0.4) is 0 Å². The third-order valence-electron chi connectivity index (χ3n) is 2.21. The summed E-state index contributed by atoms with van der Waals surface area (Å²) in [5, 5.41) is 2.34. The summed E-state index contributed by atoms with van der Waals surface area (Å²) in [7, 11) is 0. The van der Waals surface area contributed by atoms with Crippen LogP contribution in [0.5, 0.6) is 0 Å². The molecule has 0 N–H and O–H groups in total. The van der Waals surface area contributed by atoms with Crippen LogP contribution in [0.25, 0.3) is 10.1 Å². The number of benzene rings is 1. The molecular formula is C11H11FS. The summed E-state index contributed by atoms with van der Waals surface area (Å²) in [6.07, 6.45) is 0. The molecule has 0 spiro atoms. The van der Waals surface area contributed by atoms with Gasteiger partial charge in [-0.2, -0.15) is 0 Å². The number of fused-ring (bicyclic) bond motifs is 1. The monoisotopic (exact) mass is 194 g/mol. The maximum absolute atomic E-state index is 13.2. The summed E-state index contributed by atoms with van der Waals surface area (Å²) in [5.41, 5.74) is 1.24. The van der Waals surface area contributed by atoms with Gasteiger partial charge >= 0.3 is 0 Å². The average Bonchev–Trinajstić information content (AvgIpc) is 2.48. The molecule has 0 atom stereocenters. The van der Waals surface area contributed by atoms with E-state index in [1.165, 1.54) is 16.9 Å². The second-order valence-electron chi connectivity index (χ2n) is 3.46. The Morgan fingerprint density at radius 2 is 2.08 bits per heavy atom. The van der Waals surface area contributed by atoms with Crippen molar-refractivity contribution in [3.63, 3.8) is 0 Å². The van der Waals surface area contributed by atoms with Gasteiger partial charge in [-0.3, -0.25) is 0 Å². The van der Waals surface area contributed by atoms with E-state index in [4.69, 9.17) is 0 Å². The lowest BCUT2D eigenvalue weighted by atomic mass is 10.0. The van der Waals surface area contributed by atoms with Crippen molar-refractivity contribution in [3.8, 4) is 0 Å². The van der Waals surface area contributed by atoms with Crippen LogP contribution in [0.1, 0.15) is 25.3 Å². The van der Waals surface area contributed by atoms with Crippen LogP contribution in [-0.4, -0.2) is 0 Å². The molecule has 1 aromatic carbocycles. The summed E-state index contributed by atoms with van der Waals surface area (Å²) in [6, 6.07) is 5.84. The van der Waals surface area contributed by atoms with Crippen LogP contribution < -0.4 is 0 Å². The number of hydrogen-bond donors (Lipinski definition) is 0. The minimum absolute atomic E-state index is 0.0949. The van der Waals surface area contributed by atoms with Crippen molar-refractivity contribution in [2.45, 2.75) is 19.8 Å². The van der Waals surface area contributed by atoms with Gasteiger partial charge in [0.25, 0.3) is 0 Å². The smallest absolute Gasteiger partial charge is 0.141 e. The normalized spacial score (nSPS) is 11.4. The molecule has 0 fully saturated rings. The molecule has 0 bridgehead atoms. The average molecular weight is 194 g/mol. The van der Waals surface area contributed by atoms with Gasteiger partial charge < -0.3 is 0 Å².